The molecule has 16 heavy (non-hydrogen) atoms. The molecular weight excluding hydrogens is 210 g/mol. The number of ketones is 1. The second kappa shape index (κ2) is 11.0. The molecule has 0 amide bonds. The normalized spacial score (nSPS) is 11.0. The van der Waals surface area contributed by atoms with E-state index in [1.54, 1.807) is 14.2 Å². The average Bonchev–Trinajstić information content (AvgIpc) is 2.26. The van der Waals surface area contributed by atoms with E-state index in [-0.39, 0.29) is 12.4 Å². The van der Waals surface area contributed by atoms with Gasteiger partial charge in [0.2, 0.25) is 0 Å². The van der Waals surface area contributed by atoms with Crippen LogP contribution < -0.4 is 0 Å². The van der Waals surface area contributed by atoms with E-state index in [1.165, 1.54) is 7.11 Å². The molecule has 0 aliphatic heterocycles. The number of carbonyl (C=O) groups is 1. The Hall–Kier alpha value is -0.490. The van der Waals surface area contributed by atoms with Gasteiger partial charge in [0, 0.05) is 41.0 Å². The number of nitrogens with zero attached hydrogens (tertiary/aromatic N) is 1. The molecule has 0 fully saturated rings. The molecule has 5 nitrogen and oxygen atoms in total. The quantitative estimate of drug-likeness (QED) is 0.477. The zero-order valence-corrected chi connectivity index (χ0v) is 10.5. The zero-order valence-electron chi connectivity index (χ0n) is 10.5. The molecule has 0 aromatic heterocycles. The Kier molecular flexibility index (Phi) is 10.7. The van der Waals surface area contributed by atoms with Crippen LogP contribution in [0.3, 0.4) is 0 Å². The summed E-state index contributed by atoms with van der Waals surface area (Å²) in [7, 11) is 4.86. The van der Waals surface area contributed by atoms with Crippen molar-refractivity contribution in [3.05, 3.63) is 0 Å². The van der Waals surface area contributed by atoms with E-state index >= 15 is 0 Å². The van der Waals surface area contributed by atoms with E-state index in [0.29, 0.717) is 19.8 Å². The van der Waals surface area contributed by atoms with Crippen molar-refractivity contribution >= 4 is 5.78 Å². The van der Waals surface area contributed by atoms with Crippen LogP contribution in [0, 0.1) is 0 Å². The first kappa shape index (κ1) is 15.5. The third kappa shape index (κ3) is 8.79. The fraction of sp³-hybridized carbons (Fsp3) is 0.909. The minimum atomic E-state index is 0.0935. The first-order chi connectivity index (χ1) is 7.74. The number of Topliss-reactive ketones (excluding diaryl/α,β-unsaturated/α-hetero) is 1. The van der Waals surface area contributed by atoms with Crippen molar-refractivity contribution in [2.24, 2.45) is 0 Å². The molecular formula is C11H23NO4. The van der Waals surface area contributed by atoms with Crippen molar-refractivity contribution in [1.29, 1.82) is 0 Å². The molecule has 0 aliphatic carbocycles. The molecule has 0 heterocycles. The predicted octanol–water partition coefficient (Wildman–Crippen LogP) is 0.187. The first-order valence-electron chi connectivity index (χ1n) is 5.45. The lowest BCUT2D eigenvalue weighted by atomic mass is 10.3. The van der Waals surface area contributed by atoms with Gasteiger partial charge in [0.25, 0.3) is 0 Å². The lowest BCUT2D eigenvalue weighted by Crippen LogP contribution is -2.35. The van der Waals surface area contributed by atoms with Crippen molar-refractivity contribution in [3.63, 3.8) is 0 Å². The van der Waals surface area contributed by atoms with Crippen molar-refractivity contribution in [1.82, 2.24) is 4.90 Å². The number of ether oxygens (including phenoxy) is 3. The van der Waals surface area contributed by atoms with Crippen molar-refractivity contribution in [2.45, 2.75) is 6.42 Å². The number of hydrogen-bond acceptors (Lipinski definition) is 5. The summed E-state index contributed by atoms with van der Waals surface area (Å²) in [5.74, 6) is 0.0935. The van der Waals surface area contributed by atoms with Gasteiger partial charge in [-0.05, 0) is 6.42 Å². The van der Waals surface area contributed by atoms with Crippen LogP contribution in [0.5, 0.6) is 0 Å². The van der Waals surface area contributed by atoms with Gasteiger partial charge in [-0.3, -0.25) is 9.69 Å². The molecule has 96 valence electrons. The van der Waals surface area contributed by atoms with Gasteiger partial charge in [-0.25, -0.2) is 0 Å². The number of hydrogen-bond donors (Lipinski definition) is 0. The molecule has 0 atom stereocenters. The van der Waals surface area contributed by atoms with Gasteiger partial charge in [-0.1, -0.05) is 0 Å². The van der Waals surface area contributed by atoms with Gasteiger partial charge in [0.15, 0.2) is 5.78 Å². The van der Waals surface area contributed by atoms with Crippen molar-refractivity contribution < 1.29 is 19.0 Å². The Labute approximate surface area is 97.7 Å². The molecule has 0 saturated heterocycles. The van der Waals surface area contributed by atoms with Crippen molar-refractivity contribution in [3.8, 4) is 0 Å². The van der Waals surface area contributed by atoms with E-state index in [9.17, 15) is 4.79 Å². The molecule has 0 aromatic rings. The monoisotopic (exact) mass is 233 g/mol. The molecule has 0 spiro atoms. The molecule has 5 heteroatoms. The SMILES string of the molecule is COCCCN(CCOC)CC(=O)COC. The van der Waals surface area contributed by atoms with Crippen LogP contribution in [0.2, 0.25) is 0 Å². The third-order valence-corrected chi connectivity index (χ3v) is 2.14. The highest BCUT2D eigenvalue weighted by Gasteiger charge is 2.09. The number of carbonyl (C=O) groups excluding carboxylic acids is 1. The summed E-state index contributed by atoms with van der Waals surface area (Å²) in [6, 6.07) is 0. The second-order valence-electron chi connectivity index (χ2n) is 3.59. The largest absolute Gasteiger partial charge is 0.385 e. The van der Waals surface area contributed by atoms with E-state index in [1.807, 2.05) is 0 Å². The Bertz CT molecular complexity index is 175. The van der Waals surface area contributed by atoms with Crippen LogP contribution in [0.4, 0.5) is 0 Å². The third-order valence-electron chi connectivity index (χ3n) is 2.14. The van der Waals surface area contributed by atoms with Gasteiger partial charge in [0.05, 0.1) is 13.2 Å². The summed E-state index contributed by atoms with van der Waals surface area (Å²) in [4.78, 5) is 13.5. The second-order valence-corrected chi connectivity index (χ2v) is 3.59. The maximum atomic E-state index is 11.4. The molecule has 0 aromatic carbocycles. The van der Waals surface area contributed by atoms with Crippen LogP contribution in [0.15, 0.2) is 0 Å². The topological polar surface area (TPSA) is 48.0 Å². The summed E-state index contributed by atoms with van der Waals surface area (Å²) < 4.78 is 14.8. The smallest absolute Gasteiger partial charge is 0.172 e. The summed E-state index contributed by atoms with van der Waals surface area (Å²) in [5.41, 5.74) is 0. The van der Waals surface area contributed by atoms with Gasteiger partial charge >= 0.3 is 0 Å². The lowest BCUT2D eigenvalue weighted by Gasteiger charge is -2.20. The summed E-state index contributed by atoms with van der Waals surface area (Å²) in [5, 5.41) is 0. The minimum Gasteiger partial charge on any atom is -0.385 e. The first-order valence-corrected chi connectivity index (χ1v) is 5.45. The van der Waals surface area contributed by atoms with E-state index in [2.05, 4.69) is 4.90 Å². The van der Waals surface area contributed by atoms with E-state index in [4.69, 9.17) is 14.2 Å². The van der Waals surface area contributed by atoms with Crippen LogP contribution in [0.1, 0.15) is 6.42 Å². The molecule has 0 rings (SSSR count). The number of methoxy groups -OCH3 is 3. The maximum Gasteiger partial charge on any atom is 0.172 e. The fourth-order valence-corrected chi connectivity index (χ4v) is 1.38. The Morgan fingerprint density at radius 2 is 1.69 bits per heavy atom. The maximum absolute atomic E-state index is 11.4. The molecule has 0 N–H and O–H groups in total. The summed E-state index contributed by atoms with van der Waals surface area (Å²) in [6.07, 6.45) is 0.917. The van der Waals surface area contributed by atoms with Crippen LogP contribution in [0.25, 0.3) is 0 Å². The zero-order chi connectivity index (χ0) is 12.2. The highest BCUT2D eigenvalue weighted by atomic mass is 16.5. The van der Waals surface area contributed by atoms with Crippen LogP contribution in [-0.2, 0) is 19.0 Å². The van der Waals surface area contributed by atoms with Crippen LogP contribution >= 0.6 is 0 Å². The van der Waals surface area contributed by atoms with Crippen LogP contribution in [-0.4, -0.2) is 71.5 Å². The molecule has 0 unspecified atom stereocenters. The van der Waals surface area contributed by atoms with E-state index in [0.717, 1.165) is 19.5 Å². The van der Waals surface area contributed by atoms with Crippen molar-refractivity contribution in [2.75, 3.05) is 60.8 Å². The van der Waals surface area contributed by atoms with Gasteiger partial charge in [-0.15, -0.1) is 0 Å². The molecule has 0 saturated carbocycles. The molecule has 0 aliphatic rings. The highest BCUT2D eigenvalue weighted by molar-refractivity contribution is 5.81. The van der Waals surface area contributed by atoms with Gasteiger partial charge < -0.3 is 14.2 Å². The van der Waals surface area contributed by atoms with Gasteiger partial charge in [0.1, 0.15) is 6.61 Å². The highest BCUT2D eigenvalue weighted by Crippen LogP contribution is 1.94. The fourth-order valence-electron chi connectivity index (χ4n) is 1.38. The predicted molar refractivity (Wildman–Crippen MR) is 61.7 cm³/mol. The van der Waals surface area contributed by atoms with E-state index < -0.39 is 0 Å². The molecule has 0 radical (unpaired) electrons. The minimum absolute atomic E-state index is 0.0935. The summed E-state index contributed by atoms with van der Waals surface area (Å²) in [6.45, 7) is 3.53. The Morgan fingerprint density at radius 1 is 1.00 bits per heavy atom. The Balaban J connectivity index is 3.83. The summed E-state index contributed by atoms with van der Waals surface area (Å²) >= 11 is 0. The molecule has 0 bridgehead atoms. The standard InChI is InChI=1S/C11H23NO4/c1-14-7-4-5-12(6-8-15-2)9-11(13)10-16-3/h4-10H2,1-3H3. The van der Waals surface area contributed by atoms with Gasteiger partial charge in [-0.2, -0.15) is 0 Å². The Morgan fingerprint density at radius 3 is 2.25 bits per heavy atom. The lowest BCUT2D eigenvalue weighted by molar-refractivity contribution is -0.124. The average molecular weight is 233 g/mol. The number of rotatable bonds is 11.